The van der Waals surface area contributed by atoms with E-state index in [1.54, 1.807) is 12.1 Å². The molecule has 2 N–H and O–H groups in total. The number of thiocarbonyl (C=S) groups is 1. The number of rotatable bonds is 4. The van der Waals surface area contributed by atoms with E-state index < -0.39 is 0 Å². The minimum absolute atomic E-state index is 0.244. The van der Waals surface area contributed by atoms with Gasteiger partial charge in [-0.05, 0) is 37.2 Å². The standard InChI is InChI=1S/C12H16N2O3S2/c1-16-11(15)9-4-5-10(19-9)14-12(18)13-7-8-3-2-6-17-8/h4-5,8H,2-3,6-7H2,1H3,(H2,13,14,18)/t8-/m1/s1. The van der Waals surface area contributed by atoms with Crippen molar-refractivity contribution >= 4 is 39.6 Å². The van der Waals surface area contributed by atoms with Gasteiger partial charge in [0.1, 0.15) is 4.88 Å². The molecule has 1 aliphatic rings. The van der Waals surface area contributed by atoms with Gasteiger partial charge in [0.2, 0.25) is 0 Å². The minimum Gasteiger partial charge on any atom is -0.465 e. The lowest BCUT2D eigenvalue weighted by molar-refractivity contribution is 0.0606. The molecule has 1 aliphatic heterocycles. The summed E-state index contributed by atoms with van der Waals surface area (Å²) in [6.07, 6.45) is 2.43. The zero-order chi connectivity index (χ0) is 13.7. The number of ether oxygens (including phenoxy) is 2. The quantitative estimate of drug-likeness (QED) is 0.655. The summed E-state index contributed by atoms with van der Waals surface area (Å²) >= 11 is 6.49. The van der Waals surface area contributed by atoms with Crippen LogP contribution in [0.25, 0.3) is 0 Å². The number of methoxy groups -OCH3 is 1. The molecule has 5 nitrogen and oxygen atoms in total. The maximum absolute atomic E-state index is 11.3. The number of carbonyl (C=O) groups is 1. The summed E-state index contributed by atoms with van der Waals surface area (Å²) in [6, 6.07) is 3.51. The average molecular weight is 300 g/mol. The van der Waals surface area contributed by atoms with E-state index in [1.807, 2.05) is 0 Å². The van der Waals surface area contributed by atoms with Crippen molar-refractivity contribution in [3.05, 3.63) is 17.0 Å². The van der Waals surface area contributed by atoms with Crippen molar-refractivity contribution in [1.29, 1.82) is 0 Å². The molecule has 0 unspecified atom stereocenters. The highest BCUT2D eigenvalue weighted by Gasteiger charge is 2.15. The molecule has 104 valence electrons. The Balaban J connectivity index is 1.78. The number of hydrogen-bond donors (Lipinski definition) is 2. The van der Waals surface area contributed by atoms with E-state index in [2.05, 4.69) is 15.4 Å². The van der Waals surface area contributed by atoms with Gasteiger partial charge in [0.25, 0.3) is 0 Å². The molecule has 1 aromatic rings. The monoisotopic (exact) mass is 300 g/mol. The Morgan fingerprint density at radius 3 is 3.16 bits per heavy atom. The summed E-state index contributed by atoms with van der Waals surface area (Å²) in [7, 11) is 1.36. The molecule has 0 aromatic carbocycles. The molecule has 0 bridgehead atoms. The Kier molecular flexibility index (Phi) is 5.12. The largest absolute Gasteiger partial charge is 0.465 e. The summed E-state index contributed by atoms with van der Waals surface area (Å²) in [5.74, 6) is -0.337. The van der Waals surface area contributed by atoms with Gasteiger partial charge in [0.15, 0.2) is 5.11 Å². The van der Waals surface area contributed by atoms with Crippen LogP contribution in [0.3, 0.4) is 0 Å². The molecule has 1 saturated heterocycles. The van der Waals surface area contributed by atoms with E-state index >= 15 is 0 Å². The van der Waals surface area contributed by atoms with E-state index in [9.17, 15) is 4.79 Å². The molecule has 0 saturated carbocycles. The summed E-state index contributed by atoms with van der Waals surface area (Å²) in [6.45, 7) is 1.54. The average Bonchev–Trinajstić information content (AvgIpc) is 3.06. The maximum Gasteiger partial charge on any atom is 0.348 e. The lowest BCUT2D eigenvalue weighted by Gasteiger charge is -2.12. The summed E-state index contributed by atoms with van der Waals surface area (Å²) in [5, 5.41) is 7.50. The first-order valence-electron chi connectivity index (χ1n) is 6.03. The predicted octanol–water partition coefficient (Wildman–Crippen LogP) is 2.00. The predicted molar refractivity (Wildman–Crippen MR) is 78.9 cm³/mol. The summed E-state index contributed by atoms with van der Waals surface area (Å²) in [4.78, 5) is 11.9. The number of esters is 1. The topological polar surface area (TPSA) is 59.6 Å². The van der Waals surface area contributed by atoms with Gasteiger partial charge >= 0.3 is 5.97 Å². The normalized spacial score (nSPS) is 18.1. The Morgan fingerprint density at radius 2 is 2.47 bits per heavy atom. The molecule has 0 amide bonds. The highest BCUT2D eigenvalue weighted by atomic mass is 32.1. The van der Waals surface area contributed by atoms with Gasteiger partial charge in [-0.15, -0.1) is 11.3 Å². The van der Waals surface area contributed by atoms with Crippen LogP contribution in [0.2, 0.25) is 0 Å². The number of hydrogen-bond acceptors (Lipinski definition) is 5. The Hall–Kier alpha value is -1.18. The highest BCUT2D eigenvalue weighted by molar-refractivity contribution is 7.80. The van der Waals surface area contributed by atoms with Crippen molar-refractivity contribution in [2.75, 3.05) is 25.6 Å². The summed E-state index contributed by atoms with van der Waals surface area (Å²) in [5.41, 5.74) is 0. The van der Waals surface area contributed by atoms with Crippen LogP contribution in [0.15, 0.2) is 12.1 Å². The number of carbonyl (C=O) groups excluding carboxylic acids is 1. The fourth-order valence-corrected chi connectivity index (χ4v) is 2.87. The molecule has 1 fully saturated rings. The molecule has 1 aromatic heterocycles. The van der Waals surface area contributed by atoms with Crippen LogP contribution in [-0.2, 0) is 9.47 Å². The lowest BCUT2D eigenvalue weighted by Crippen LogP contribution is -2.34. The second kappa shape index (κ2) is 6.83. The molecular weight excluding hydrogens is 284 g/mol. The first-order chi connectivity index (χ1) is 9.19. The van der Waals surface area contributed by atoms with Crippen LogP contribution in [-0.4, -0.2) is 37.4 Å². The lowest BCUT2D eigenvalue weighted by atomic mass is 10.2. The third kappa shape index (κ3) is 4.15. The first-order valence-corrected chi connectivity index (χ1v) is 7.26. The Morgan fingerprint density at radius 1 is 1.63 bits per heavy atom. The van der Waals surface area contributed by atoms with Crippen LogP contribution < -0.4 is 10.6 Å². The van der Waals surface area contributed by atoms with Crippen LogP contribution in [0, 0.1) is 0 Å². The Bertz CT molecular complexity index is 456. The van der Waals surface area contributed by atoms with Crippen molar-refractivity contribution in [2.24, 2.45) is 0 Å². The number of anilines is 1. The van der Waals surface area contributed by atoms with Gasteiger partial charge in [0.05, 0.1) is 18.2 Å². The fraction of sp³-hybridized carbons (Fsp3) is 0.500. The molecule has 2 rings (SSSR count). The molecule has 19 heavy (non-hydrogen) atoms. The van der Waals surface area contributed by atoms with Gasteiger partial charge in [-0.3, -0.25) is 0 Å². The van der Waals surface area contributed by atoms with E-state index in [4.69, 9.17) is 17.0 Å². The zero-order valence-corrected chi connectivity index (χ0v) is 12.2. The molecular formula is C12H16N2O3S2. The molecule has 7 heteroatoms. The maximum atomic E-state index is 11.3. The second-order valence-electron chi connectivity index (χ2n) is 4.13. The SMILES string of the molecule is COC(=O)c1ccc(NC(=S)NC[C@H]2CCCO2)s1. The molecule has 1 atom stereocenters. The first kappa shape index (κ1) is 14.2. The number of nitrogens with one attached hydrogen (secondary N) is 2. The van der Waals surface area contributed by atoms with Gasteiger partial charge in [-0.1, -0.05) is 0 Å². The molecule has 0 radical (unpaired) electrons. The zero-order valence-electron chi connectivity index (χ0n) is 10.6. The highest BCUT2D eigenvalue weighted by Crippen LogP contribution is 2.22. The van der Waals surface area contributed by atoms with E-state index in [-0.39, 0.29) is 12.1 Å². The molecule has 0 spiro atoms. The van der Waals surface area contributed by atoms with Gasteiger partial charge in [-0.25, -0.2) is 4.79 Å². The van der Waals surface area contributed by atoms with Crippen molar-refractivity contribution in [2.45, 2.75) is 18.9 Å². The molecule has 2 heterocycles. The minimum atomic E-state index is -0.337. The Labute approximate surface area is 121 Å². The van der Waals surface area contributed by atoms with E-state index in [0.717, 1.165) is 24.4 Å². The van der Waals surface area contributed by atoms with Crippen molar-refractivity contribution < 1.29 is 14.3 Å². The van der Waals surface area contributed by atoms with E-state index in [0.29, 0.717) is 16.5 Å². The molecule has 0 aliphatic carbocycles. The summed E-state index contributed by atoms with van der Waals surface area (Å²) < 4.78 is 10.1. The van der Waals surface area contributed by atoms with Gasteiger partial charge in [-0.2, -0.15) is 0 Å². The van der Waals surface area contributed by atoms with Gasteiger partial charge in [0, 0.05) is 13.2 Å². The fourth-order valence-electron chi connectivity index (χ4n) is 1.78. The van der Waals surface area contributed by atoms with Crippen LogP contribution in [0.4, 0.5) is 5.00 Å². The third-order valence-corrected chi connectivity index (χ3v) is 3.97. The van der Waals surface area contributed by atoms with Crippen molar-refractivity contribution in [1.82, 2.24) is 5.32 Å². The number of thiophene rings is 1. The van der Waals surface area contributed by atoms with Crippen molar-refractivity contribution in [3.63, 3.8) is 0 Å². The second-order valence-corrected chi connectivity index (χ2v) is 5.62. The third-order valence-electron chi connectivity index (χ3n) is 2.74. The van der Waals surface area contributed by atoms with Gasteiger partial charge < -0.3 is 20.1 Å². The van der Waals surface area contributed by atoms with Crippen molar-refractivity contribution in [3.8, 4) is 0 Å². The van der Waals surface area contributed by atoms with Crippen LogP contribution in [0.5, 0.6) is 0 Å². The smallest absolute Gasteiger partial charge is 0.348 e. The van der Waals surface area contributed by atoms with Crippen LogP contribution in [0.1, 0.15) is 22.5 Å². The van der Waals surface area contributed by atoms with E-state index in [1.165, 1.54) is 18.4 Å². The van der Waals surface area contributed by atoms with Crippen LogP contribution >= 0.6 is 23.6 Å².